The summed E-state index contributed by atoms with van der Waals surface area (Å²) in [4.78, 5) is 3.90. The van der Waals surface area contributed by atoms with Gasteiger partial charge in [-0.3, -0.25) is 0 Å². The molecule has 0 saturated carbocycles. The number of rotatable bonds is 1. The van der Waals surface area contributed by atoms with Crippen molar-refractivity contribution < 1.29 is 0 Å². The van der Waals surface area contributed by atoms with Gasteiger partial charge in [0.25, 0.3) is 0 Å². The summed E-state index contributed by atoms with van der Waals surface area (Å²) < 4.78 is 1.70. The summed E-state index contributed by atoms with van der Waals surface area (Å²) in [6, 6.07) is 1.93. The summed E-state index contributed by atoms with van der Waals surface area (Å²) in [6.45, 7) is 5.79. The fraction of sp³-hybridized carbons (Fsp3) is 0.111. The minimum atomic E-state index is 0.488. The molecule has 13 heavy (non-hydrogen) atoms. The lowest BCUT2D eigenvalue weighted by Gasteiger charge is -1.93. The van der Waals surface area contributed by atoms with Gasteiger partial charge < -0.3 is 5.73 Å². The van der Waals surface area contributed by atoms with Crippen LogP contribution >= 0.6 is 0 Å². The number of anilines is 1. The summed E-state index contributed by atoms with van der Waals surface area (Å²) in [5.74, 6) is 0.488. The highest BCUT2D eigenvalue weighted by atomic mass is 15.2. The first-order chi connectivity index (χ1) is 6.18. The Kier molecular flexibility index (Phi) is 1.55. The van der Waals surface area contributed by atoms with Crippen LogP contribution in [-0.2, 0) is 0 Å². The molecule has 0 aliphatic carbocycles. The van der Waals surface area contributed by atoms with Crippen LogP contribution in [0.3, 0.4) is 0 Å². The molecule has 0 bridgehead atoms. The Balaban J connectivity index is 2.75. The van der Waals surface area contributed by atoms with Crippen LogP contribution in [-0.4, -0.2) is 14.6 Å². The van der Waals surface area contributed by atoms with Crippen molar-refractivity contribution in [2.75, 3.05) is 5.73 Å². The highest BCUT2D eigenvalue weighted by molar-refractivity contribution is 5.73. The van der Waals surface area contributed by atoms with Gasteiger partial charge in [0.15, 0.2) is 5.82 Å². The zero-order chi connectivity index (χ0) is 9.42. The molecule has 2 aromatic heterocycles. The van der Waals surface area contributed by atoms with Gasteiger partial charge >= 0.3 is 0 Å². The Morgan fingerprint density at radius 1 is 1.62 bits per heavy atom. The molecule has 0 amide bonds. The summed E-state index contributed by atoms with van der Waals surface area (Å²) in [5.41, 5.74) is 8.51. The Morgan fingerprint density at radius 3 is 3.00 bits per heavy atom. The van der Waals surface area contributed by atoms with E-state index in [0.29, 0.717) is 5.82 Å². The molecule has 0 fully saturated rings. The zero-order valence-corrected chi connectivity index (χ0v) is 7.36. The number of nitrogens with two attached hydrogens (primary N) is 1. The quantitative estimate of drug-likeness (QED) is 0.709. The molecule has 4 nitrogen and oxygen atoms in total. The molecule has 2 N–H and O–H groups in total. The average molecular weight is 174 g/mol. The summed E-state index contributed by atoms with van der Waals surface area (Å²) in [7, 11) is 0. The van der Waals surface area contributed by atoms with Crippen LogP contribution in [0.2, 0.25) is 0 Å². The smallest absolute Gasteiger partial charge is 0.151 e. The number of hydrogen-bond acceptors (Lipinski definition) is 3. The second-order valence-electron chi connectivity index (χ2n) is 2.98. The normalized spacial score (nSPS) is 10.5. The van der Waals surface area contributed by atoms with E-state index in [2.05, 4.69) is 16.7 Å². The van der Waals surface area contributed by atoms with E-state index in [1.165, 1.54) is 6.33 Å². The van der Waals surface area contributed by atoms with E-state index in [-0.39, 0.29) is 0 Å². The van der Waals surface area contributed by atoms with E-state index < -0.39 is 0 Å². The van der Waals surface area contributed by atoms with E-state index in [9.17, 15) is 0 Å². The van der Waals surface area contributed by atoms with E-state index in [4.69, 9.17) is 5.73 Å². The van der Waals surface area contributed by atoms with Crippen molar-refractivity contribution >= 4 is 16.9 Å². The second-order valence-corrected chi connectivity index (χ2v) is 2.98. The number of nitrogens with zero attached hydrogens (tertiary/aromatic N) is 3. The molecule has 0 aliphatic rings. The van der Waals surface area contributed by atoms with Crippen LogP contribution < -0.4 is 5.73 Å². The number of hydrogen-bond donors (Lipinski definition) is 1. The Hall–Kier alpha value is -1.84. The third-order valence-electron chi connectivity index (χ3n) is 1.93. The minimum absolute atomic E-state index is 0.488. The van der Waals surface area contributed by atoms with Gasteiger partial charge in [-0.1, -0.05) is 6.58 Å². The number of nitrogen functional groups attached to an aromatic ring is 1. The molecule has 4 heteroatoms. The molecule has 0 aliphatic heterocycles. The van der Waals surface area contributed by atoms with E-state index in [0.717, 1.165) is 16.7 Å². The molecule has 0 saturated heterocycles. The van der Waals surface area contributed by atoms with Gasteiger partial charge in [0.2, 0.25) is 0 Å². The minimum Gasteiger partial charge on any atom is -0.382 e. The van der Waals surface area contributed by atoms with Gasteiger partial charge in [-0.05, 0) is 24.1 Å². The van der Waals surface area contributed by atoms with E-state index in [1.54, 1.807) is 4.52 Å². The maximum atomic E-state index is 5.67. The third kappa shape index (κ3) is 1.16. The van der Waals surface area contributed by atoms with E-state index in [1.807, 2.05) is 19.2 Å². The SMILES string of the molecule is C=C(C)c1cc2c(N)ncnn2c1. The first kappa shape index (κ1) is 7.79. The van der Waals surface area contributed by atoms with Crippen molar-refractivity contribution in [3.8, 4) is 0 Å². The molecule has 0 radical (unpaired) electrons. The fourth-order valence-corrected chi connectivity index (χ4v) is 1.18. The second kappa shape index (κ2) is 2.58. The molecule has 2 aromatic rings. The molecule has 2 rings (SSSR count). The molecule has 0 atom stereocenters. The first-order valence-electron chi connectivity index (χ1n) is 3.93. The Labute approximate surface area is 75.7 Å². The molecule has 0 aromatic carbocycles. The lowest BCUT2D eigenvalue weighted by molar-refractivity contribution is 0.907. The first-order valence-corrected chi connectivity index (χ1v) is 3.93. The van der Waals surface area contributed by atoms with Crippen LogP contribution in [0.4, 0.5) is 5.82 Å². The monoisotopic (exact) mass is 174 g/mol. The highest BCUT2D eigenvalue weighted by Crippen LogP contribution is 2.18. The fourth-order valence-electron chi connectivity index (χ4n) is 1.18. The lowest BCUT2D eigenvalue weighted by Crippen LogP contribution is -1.96. The highest BCUT2D eigenvalue weighted by Gasteiger charge is 2.03. The van der Waals surface area contributed by atoms with Crippen LogP contribution in [0.5, 0.6) is 0 Å². The summed E-state index contributed by atoms with van der Waals surface area (Å²) in [5, 5.41) is 4.03. The van der Waals surface area contributed by atoms with Crippen LogP contribution in [0.1, 0.15) is 12.5 Å². The molecule has 66 valence electrons. The molecule has 2 heterocycles. The van der Waals surface area contributed by atoms with Crippen molar-refractivity contribution in [1.82, 2.24) is 14.6 Å². The predicted octanol–water partition coefficient (Wildman–Crippen LogP) is 1.34. The van der Waals surface area contributed by atoms with Crippen LogP contribution in [0.25, 0.3) is 11.1 Å². The predicted molar refractivity (Wildman–Crippen MR) is 52.1 cm³/mol. The number of allylic oxidation sites excluding steroid dienone is 1. The zero-order valence-electron chi connectivity index (χ0n) is 7.36. The van der Waals surface area contributed by atoms with Crippen LogP contribution in [0, 0.1) is 0 Å². The van der Waals surface area contributed by atoms with Crippen LogP contribution in [0.15, 0.2) is 25.2 Å². The average Bonchev–Trinajstić information content (AvgIpc) is 2.49. The molecular weight excluding hydrogens is 164 g/mol. The number of fused-ring (bicyclic) bond motifs is 1. The largest absolute Gasteiger partial charge is 0.382 e. The lowest BCUT2D eigenvalue weighted by atomic mass is 10.2. The van der Waals surface area contributed by atoms with E-state index >= 15 is 0 Å². The molecular formula is C9H10N4. The number of aromatic nitrogens is 3. The summed E-state index contributed by atoms with van der Waals surface area (Å²) in [6.07, 6.45) is 3.32. The van der Waals surface area contributed by atoms with Crippen molar-refractivity contribution in [3.05, 3.63) is 30.7 Å². The van der Waals surface area contributed by atoms with Gasteiger partial charge in [0.1, 0.15) is 11.8 Å². The summed E-state index contributed by atoms with van der Waals surface area (Å²) >= 11 is 0. The van der Waals surface area contributed by atoms with Crippen molar-refractivity contribution in [1.29, 1.82) is 0 Å². The Morgan fingerprint density at radius 2 is 2.38 bits per heavy atom. The van der Waals surface area contributed by atoms with Gasteiger partial charge in [0.05, 0.1) is 0 Å². The molecule has 0 unspecified atom stereocenters. The van der Waals surface area contributed by atoms with Gasteiger partial charge in [-0.2, -0.15) is 5.10 Å². The maximum absolute atomic E-state index is 5.67. The maximum Gasteiger partial charge on any atom is 0.151 e. The van der Waals surface area contributed by atoms with Crippen molar-refractivity contribution in [2.45, 2.75) is 6.92 Å². The molecule has 0 spiro atoms. The van der Waals surface area contributed by atoms with Gasteiger partial charge in [-0.25, -0.2) is 9.50 Å². The van der Waals surface area contributed by atoms with Crippen molar-refractivity contribution in [3.63, 3.8) is 0 Å². The Bertz CT molecular complexity index is 469. The van der Waals surface area contributed by atoms with Gasteiger partial charge in [-0.15, -0.1) is 0 Å². The van der Waals surface area contributed by atoms with Crippen molar-refractivity contribution in [2.24, 2.45) is 0 Å². The third-order valence-corrected chi connectivity index (χ3v) is 1.93. The standard InChI is InChI=1S/C9H10N4/c1-6(2)7-3-8-9(10)11-5-12-13(8)4-7/h3-5H,1H2,2H3,(H2,10,11,12). The van der Waals surface area contributed by atoms with Gasteiger partial charge in [0, 0.05) is 6.20 Å². The topological polar surface area (TPSA) is 56.2 Å².